The van der Waals surface area contributed by atoms with Gasteiger partial charge in [-0.25, -0.2) is 13.8 Å². The van der Waals surface area contributed by atoms with Crippen LogP contribution in [0.25, 0.3) is 11.3 Å². The van der Waals surface area contributed by atoms with Crippen LogP contribution in [0.4, 0.5) is 8.78 Å². The molecule has 5 rings (SSSR count). The summed E-state index contributed by atoms with van der Waals surface area (Å²) in [6.07, 6.45) is 4.98. The van der Waals surface area contributed by atoms with Gasteiger partial charge in [0, 0.05) is 0 Å². The number of hydrogen-bond donors (Lipinski definition) is 0. The summed E-state index contributed by atoms with van der Waals surface area (Å²) in [6.45, 7) is 4.40. The van der Waals surface area contributed by atoms with Crippen LogP contribution in [0.15, 0.2) is 41.3 Å². The van der Waals surface area contributed by atoms with Crippen molar-refractivity contribution in [2.75, 3.05) is 0 Å². The second-order valence-corrected chi connectivity index (χ2v) is 7.72. The number of hydrogen-bond acceptors (Lipinski definition) is 4. The van der Waals surface area contributed by atoms with Crippen LogP contribution in [-0.2, 0) is 5.41 Å². The quantitative estimate of drug-likeness (QED) is 0.675. The van der Waals surface area contributed by atoms with Gasteiger partial charge in [0.05, 0.1) is 28.1 Å². The predicted octanol–water partition coefficient (Wildman–Crippen LogP) is 4.61. The smallest absolute Gasteiger partial charge is 0.180 e. The number of aromatic nitrogens is 3. The molecule has 132 valence electrons. The second kappa shape index (κ2) is 4.96. The van der Waals surface area contributed by atoms with Gasteiger partial charge in [-0.3, -0.25) is 0 Å². The molecule has 2 bridgehead atoms. The van der Waals surface area contributed by atoms with Crippen molar-refractivity contribution in [1.29, 1.82) is 0 Å². The topological polar surface area (TPSA) is 51.8 Å². The molecule has 0 spiro atoms. The maximum atomic E-state index is 14.2. The van der Waals surface area contributed by atoms with Crippen LogP contribution < -0.4 is 0 Å². The Balaban J connectivity index is 1.74. The van der Waals surface area contributed by atoms with Crippen molar-refractivity contribution < 1.29 is 13.2 Å². The number of oxazole rings is 1. The summed E-state index contributed by atoms with van der Waals surface area (Å²) in [4.78, 5) is 4.42. The van der Waals surface area contributed by atoms with Crippen molar-refractivity contribution in [3.63, 3.8) is 0 Å². The largest absolute Gasteiger partial charge is 0.451 e. The maximum absolute atomic E-state index is 14.2. The maximum Gasteiger partial charge on any atom is 0.180 e. The van der Waals surface area contributed by atoms with Gasteiger partial charge in [0.25, 0.3) is 0 Å². The standard InChI is InChI=1S/C20H17F2N3O/c1-19(2)12-6-7-20(19,16-9-26-10-23-16)18-11(12)8-15(24-25-18)17-13(21)4-3-5-14(17)22/h3-5,8-10,12H,6-7H2,1-2H3/t12-,20-/m0/s1. The van der Waals surface area contributed by atoms with Crippen LogP contribution in [-0.4, -0.2) is 15.2 Å². The first-order chi connectivity index (χ1) is 12.5. The summed E-state index contributed by atoms with van der Waals surface area (Å²) in [5.41, 5.74) is 2.32. The van der Waals surface area contributed by atoms with E-state index in [9.17, 15) is 8.78 Å². The van der Waals surface area contributed by atoms with Gasteiger partial charge in [0.15, 0.2) is 6.39 Å². The molecule has 0 N–H and O–H groups in total. The van der Waals surface area contributed by atoms with Crippen LogP contribution in [0, 0.1) is 17.0 Å². The molecule has 1 aromatic carbocycles. The van der Waals surface area contributed by atoms with E-state index in [2.05, 4.69) is 29.0 Å². The third-order valence-corrected chi connectivity index (χ3v) is 6.47. The van der Waals surface area contributed by atoms with Crippen molar-refractivity contribution in [2.45, 2.75) is 38.0 Å². The average molecular weight is 353 g/mol. The third kappa shape index (κ3) is 1.69. The molecule has 0 aliphatic heterocycles. The van der Waals surface area contributed by atoms with Crippen molar-refractivity contribution in [3.05, 3.63) is 65.5 Å². The Bertz CT molecular complexity index is 996. The second-order valence-electron chi connectivity index (χ2n) is 7.72. The minimum Gasteiger partial charge on any atom is -0.451 e. The number of rotatable bonds is 2. The zero-order valence-corrected chi connectivity index (χ0v) is 14.5. The van der Waals surface area contributed by atoms with E-state index in [0.717, 1.165) is 29.8 Å². The molecule has 6 heteroatoms. The Kier molecular flexibility index (Phi) is 2.98. The van der Waals surface area contributed by atoms with Crippen molar-refractivity contribution >= 4 is 0 Å². The first kappa shape index (κ1) is 15.6. The Morgan fingerprint density at radius 3 is 2.62 bits per heavy atom. The molecule has 1 fully saturated rings. The van der Waals surface area contributed by atoms with Gasteiger partial charge in [-0.1, -0.05) is 19.9 Å². The minimum atomic E-state index is -0.632. The lowest BCUT2D eigenvalue weighted by molar-refractivity contribution is 0.242. The molecule has 3 aromatic rings. The molecule has 1 saturated carbocycles. The molecule has 2 aromatic heterocycles. The number of nitrogens with zero attached hydrogens (tertiary/aromatic N) is 3. The van der Waals surface area contributed by atoms with Gasteiger partial charge in [-0.05, 0) is 47.9 Å². The average Bonchev–Trinajstić information content (AvgIpc) is 3.26. The summed E-state index contributed by atoms with van der Waals surface area (Å²) < 4.78 is 33.6. The Hall–Kier alpha value is -2.63. The Morgan fingerprint density at radius 1 is 1.15 bits per heavy atom. The highest BCUT2D eigenvalue weighted by molar-refractivity contribution is 5.64. The summed E-state index contributed by atoms with van der Waals surface area (Å²) in [6, 6.07) is 5.62. The van der Waals surface area contributed by atoms with Gasteiger partial charge >= 0.3 is 0 Å². The van der Waals surface area contributed by atoms with E-state index < -0.39 is 11.6 Å². The lowest BCUT2D eigenvalue weighted by Crippen LogP contribution is -2.37. The van der Waals surface area contributed by atoms with E-state index >= 15 is 0 Å². The molecule has 2 aliphatic rings. The van der Waals surface area contributed by atoms with Gasteiger partial charge in [0.2, 0.25) is 0 Å². The van der Waals surface area contributed by atoms with E-state index in [-0.39, 0.29) is 28.0 Å². The SMILES string of the molecule is CC1(C)[C@H]2CC[C@]1(c1cocn1)c1nnc(-c3c(F)cccc3F)cc12. The minimum absolute atomic E-state index is 0.126. The summed E-state index contributed by atoms with van der Waals surface area (Å²) in [5.74, 6) is -1.03. The molecular formula is C20H17F2N3O. The van der Waals surface area contributed by atoms with Crippen LogP contribution in [0.5, 0.6) is 0 Å². The van der Waals surface area contributed by atoms with Gasteiger partial charge in [-0.2, -0.15) is 5.10 Å². The van der Waals surface area contributed by atoms with Crippen molar-refractivity contribution in [3.8, 4) is 11.3 Å². The fourth-order valence-electron chi connectivity index (χ4n) is 5.18. The molecule has 0 saturated heterocycles. The fourth-order valence-corrected chi connectivity index (χ4v) is 5.18. The van der Waals surface area contributed by atoms with Crippen molar-refractivity contribution in [1.82, 2.24) is 15.2 Å². The summed E-state index contributed by atoms with van der Waals surface area (Å²) in [7, 11) is 0. The predicted molar refractivity (Wildman–Crippen MR) is 90.4 cm³/mol. The van der Waals surface area contributed by atoms with E-state index in [1.807, 2.05) is 0 Å². The zero-order chi connectivity index (χ0) is 18.1. The summed E-state index contributed by atoms with van der Waals surface area (Å²) >= 11 is 0. The molecule has 2 aliphatic carbocycles. The highest BCUT2D eigenvalue weighted by atomic mass is 19.1. The van der Waals surface area contributed by atoms with E-state index in [1.165, 1.54) is 24.6 Å². The number of halogens is 2. The fraction of sp³-hybridized carbons (Fsp3) is 0.350. The lowest BCUT2D eigenvalue weighted by atomic mass is 9.66. The highest BCUT2D eigenvalue weighted by Crippen LogP contribution is 2.69. The molecule has 4 nitrogen and oxygen atoms in total. The number of fused-ring (bicyclic) bond motifs is 5. The summed E-state index contributed by atoms with van der Waals surface area (Å²) in [5, 5.41) is 8.65. The van der Waals surface area contributed by atoms with E-state index in [1.54, 1.807) is 12.3 Å². The lowest BCUT2D eigenvalue weighted by Gasteiger charge is -2.35. The molecule has 0 amide bonds. The first-order valence-corrected chi connectivity index (χ1v) is 8.68. The highest BCUT2D eigenvalue weighted by Gasteiger charge is 2.65. The normalized spacial score (nSPS) is 25.5. The first-order valence-electron chi connectivity index (χ1n) is 8.68. The van der Waals surface area contributed by atoms with Crippen LogP contribution in [0.3, 0.4) is 0 Å². The Morgan fingerprint density at radius 2 is 1.92 bits per heavy atom. The number of benzene rings is 1. The van der Waals surface area contributed by atoms with Crippen LogP contribution in [0.2, 0.25) is 0 Å². The molecule has 2 heterocycles. The molecule has 2 atom stereocenters. The van der Waals surface area contributed by atoms with Gasteiger partial charge < -0.3 is 4.42 Å². The third-order valence-electron chi connectivity index (χ3n) is 6.47. The van der Waals surface area contributed by atoms with Gasteiger partial charge in [-0.15, -0.1) is 5.10 Å². The zero-order valence-electron chi connectivity index (χ0n) is 14.5. The van der Waals surface area contributed by atoms with Crippen molar-refractivity contribution in [2.24, 2.45) is 5.41 Å². The monoisotopic (exact) mass is 353 g/mol. The van der Waals surface area contributed by atoms with E-state index in [4.69, 9.17) is 4.42 Å². The molecule has 0 unspecified atom stereocenters. The van der Waals surface area contributed by atoms with E-state index in [0.29, 0.717) is 0 Å². The van der Waals surface area contributed by atoms with Crippen LogP contribution in [0.1, 0.15) is 49.6 Å². The molecule has 26 heavy (non-hydrogen) atoms. The Labute approximate surface area is 149 Å². The molecule has 0 radical (unpaired) electrons. The van der Waals surface area contributed by atoms with Crippen LogP contribution >= 0.6 is 0 Å². The molecular weight excluding hydrogens is 336 g/mol. The van der Waals surface area contributed by atoms with Gasteiger partial charge in [0.1, 0.15) is 17.9 Å².